The molecule has 1 aliphatic carbocycles. The molecule has 0 spiro atoms. The van der Waals surface area contributed by atoms with Gasteiger partial charge in [0.15, 0.2) is 0 Å². The third-order valence-electron chi connectivity index (χ3n) is 5.92. The van der Waals surface area contributed by atoms with Crippen molar-refractivity contribution >= 4 is 27.5 Å². The Labute approximate surface area is 173 Å². The first-order valence-corrected chi connectivity index (χ1v) is 11.2. The van der Waals surface area contributed by atoms with Gasteiger partial charge in [-0.05, 0) is 39.2 Å². The summed E-state index contributed by atoms with van der Waals surface area (Å²) in [6, 6.07) is -0.106. The van der Waals surface area contributed by atoms with Gasteiger partial charge < -0.3 is 9.47 Å². The van der Waals surface area contributed by atoms with E-state index in [4.69, 9.17) is 9.47 Å². The summed E-state index contributed by atoms with van der Waals surface area (Å²) in [6.45, 7) is 6.24. The predicted octanol–water partition coefficient (Wildman–Crippen LogP) is 3.14. The largest absolute Gasteiger partial charge is 0.465 e. The number of carbonyl (C=O) groups is 1. The van der Waals surface area contributed by atoms with E-state index in [1.54, 1.807) is 6.92 Å². The van der Waals surface area contributed by atoms with E-state index in [0.717, 1.165) is 42.5 Å². The van der Waals surface area contributed by atoms with Crippen molar-refractivity contribution in [3.8, 4) is 0 Å². The lowest BCUT2D eigenvalue weighted by Crippen LogP contribution is -2.44. The van der Waals surface area contributed by atoms with E-state index in [1.807, 2.05) is 13.8 Å². The molecule has 2 aromatic rings. The van der Waals surface area contributed by atoms with Crippen molar-refractivity contribution in [3.05, 3.63) is 31.3 Å². The second-order valence-electron chi connectivity index (χ2n) is 8.55. The minimum absolute atomic E-state index is 0.106. The van der Waals surface area contributed by atoms with E-state index in [1.165, 1.54) is 20.5 Å². The summed E-state index contributed by atoms with van der Waals surface area (Å²) in [5.74, 6) is -0.465. The second kappa shape index (κ2) is 7.72. The number of aromatic nitrogens is 2. The summed E-state index contributed by atoms with van der Waals surface area (Å²) in [5, 5.41) is 0.579. The molecule has 7 nitrogen and oxygen atoms in total. The van der Waals surface area contributed by atoms with E-state index in [9.17, 15) is 14.4 Å². The zero-order chi connectivity index (χ0) is 20.8. The van der Waals surface area contributed by atoms with Crippen molar-refractivity contribution < 1.29 is 14.3 Å². The molecule has 29 heavy (non-hydrogen) atoms. The molecule has 1 aliphatic heterocycles. The minimum atomic E-state index is -0.465. The summed E-state index contributed by atoms with van der Waals surface area (Å²) < 4.78 is 13.9. The number of rotatable bonds is 4. The van der Waals surface area contributed by atoms with Crippen molar-refractivity contribution in [3.63, 3.8) is 0 Å². The van der Waals surface area contributed by atoms with Gasteiger partial charge in [-0.1, -0.05) is 19.3 Å². The van der Waals surface area contributed by atoms with Crippen LogP contribution in [0.15, 0.2) is 9.59 Å². The standard InChI is InChI=1S/C21H28N2O5S/c1-4-27-16(24)11-22-19-17(14-10-21(2,3)28-12-15(14)29-19)18(25)23(20(22)26)13-8-6-5-7-9-13/h13H,4-12H2,1-3H3. The van der Waals surface area contributed by atoms with Crippen LogP contribution in [0.3, 0.4) is 0 Å². The van der Waals surface area contributed by atoms with Crippen LogP contribution >= 0.6 is 11.3 Å². The van der Waals surface area contributed by atoms with Gasteiger partial charge in [-0.3, -0.25) is 18.7 Å². The number of thiophene rings is 1. The molecule has 1 saturated carbocycles. The molecule has 1 fully saturated rings. The topological polar surface area (TPSA) is 79.5 Å². The Bertz CT molecular complexity index is 1060. The highest BCUT2D eigenvalue weighted by Gasteiger charge is 2.33. The molecule has 0 saturated heterocycles. The number of nitrogens with zero attached hydrogens (tertiary/aromatic N) is 2. The zero-order valence-corrected chi connectivity index (χ0v) is 18.1. The molecule has 0 amide bonds. The Kier molecular flexibility index (Phi) is 5.42. The van der Waals surface area contributed by atoms with Crippen LogP contribution in [0.25, 0.3) is 10.2 Å². The lowest BCUT2D eigenvalue weighted by Gasteiger charge is -2.30. The van der Waals surface area contributed by atoms with Gasteiger partial charge in [-0.25, -0.2) is 4.79 Å². The quantitative estimate of drug-likeness (QED) is 0.710. The van der Waals surface area contributed by atoms with Gasteiger partial charge >= 0.3 is 11.7 Å². The summed E-state index contributed by atoms with van der Waals surface area (Å²) in [5.41, 5.74) is -0.0209. The fourth-order valence-electron chi connectivity index (χ4n) is 4.51. The molecular weight excluding hydrogens is 392 g/mol. The molecule has 0 N–H and O–H groups in total. The predicted molar refractivity (Wildman–Crippen MR) is 112 cm³/mol. The molecule has 0 bridgehead atoms. The molecule has 2 aliphatic rings. The SMILES string of the molecule is CCOC(=O)Cn1c(=O)n(C2CCCCC2)c(=O)c2c3c(sc21)COC(C)(C)C3. The van der Waals surface area contributed by atoms with Gasteiger partial charge in [0.05, 0.1) is 24.2 Å². The van der Waals surface area contributed by atoms with Crippen molar-refractivity contribution in [2.75, 3.05) is 6.61 Å². The minimum Gasteiger partial charge on any atom is -0.465 e. The van der Waals surface area contributed by atoms with Crippen molar-refractivity contribution in [1.82, 2.24) is 9.13 Å². The Hall–Kier alpha value is -1.93. The Balaban J connectivity index is 1.96. The molecule has 4 rings (SSSR count). The molecule has 0 radical (unpaired) electrons. The number of hydrogen-bond donors (Lipinski definition) is 0. The average molecular weight is 421 g/mol. The molecule has 8 heteroatoms. The molecule has 158 valence electrons. The third kappa shape index (κ3) is 3.68. The lowest BCUT2D eigenvalue weighted by molar-refractivity contribution is -0.143. The molecule has 0 unspecified atom stereocenters. The summed E-state index contributed by atoms with van der Waals surface area (Å²) in [4.78, 5) is 40.7. The number of hydrogen-bond acceptors (Lipinski definition) is 6. The normalized spacial score (nSPS) is 19.3. The number of fused-ring (bicyclic) bond motifs is 3. The molecular formula is C21H28N2O5S. The van der Waals surface area contributed by atoms with Crippen LogP contribution in [0, 0.1) is 0 Å². The summed E-state index contributed by atoms with van der Waals surface area (Å²) in [7, 11) is 0. The number of esters is 1. The first-order chi connectivity index (χ1) is 13.8. The van der Waals surface area contributed by atoms with Crippen LogP contribution in [-0.4, -0.2) is 27.3 Å². The maximum Gasteiger partial charge on any atom is 0.332 e. The van der Waals surface area contributed by atoms with E-state index in [0.29, 0.717) is 23.2 Å². The van der Waals surface area contributed by atoms with Crippen LogP contribution in [0.1, 0.15) is 69.4 Å². The number of carbonyl (C=O) groups excluding carboxylic acids is 1. The van der Waals surface area contributed by atoms with Gasteiger partial charge in [0, 0.05) is 17.3 Å². The zero-order valence-electron chi connectivity index (χ0n) is 17.3. The first-order valence-electron chi connectivity index (χ1n) is 10.4. The lowest BCUT2D eigenvalue weighted by atomic mass is 9.93. The highest BCUT2D eigenvalue weighted by Crippen LogP contribution is 2.37. The third-order valence-corrected chi connectivity index (χ3v) is 7.14. The van der Waals surface area contributed by atoms with Gasteiger partial charge in [-0.15, -0.1) is 11.3 Å². The Morgan fingerprint density at radius 1 is 1.24 bits per heavy atom. The molecule has 3 heterocycles. The fraction of sp³-hybridized carbons (Fsp3) is 0.667. The Morgan fingerprint density at radius 3 is 2.66 bits per heavy atom. The van der Waals surface area contributed by atoms with Crippen molar-refractivity contribution in [2.45, 2.75) is 84.1 Å². The van der Waals surface area contributed by atoms with E-state index < -0.39 is 11.7 Å². The van der Waals surface area contributed by atoms with Crippen molar-refractivity contribution in [2.24, 2.45) is 0 Å². The maximum atomic E-state index is 13.6. The average Bonchev–Trinajstić information content (AvgIpc) is 3.04. The van der Waals surface area contributed by atoms with Crippen molar-refractivity contribution in [1.29, 1.82) is 0 Å². The van der Waals surface area contributed by atoms with E-state index in [2.05, 4.69) is 0 Å². The van der Waals surface area contributed by atoms with Gasteiger partial charge in [-0.2, -0.15) is 0 Å². The van der Waals surface area contributed by atoms with E-state index >= 15 is 0 Å². The Morgan fingerprint density at radius 2 is 1.97 bits per heavy atom. The van der Waals surface area contributed by atoms with Crippen LogP contribution < -0.4 is 11.2 Å². The van der Waals surface area contributed by atoms with E-state index in [-0.39, 0.29) is 30.4 Å². The maximum absolute atomic E-state index is 13.6. The van der Waals surface area contributed by atoms with Crippen LogP contribution in [0.5, 0.6) is 0 Å². The summed E-state index contributed by atoms with van der Waals surface area (Å²) >= 11 is 1.39. The van der Waals surface area contributed by atoms with Gasteiger partial charge in [0.1, 0.15) is 11.4 Å². The molecule has 0 aromatic carbocycles. The van der Waals surface area contributed by atoms with Gasteiger partial charge in [0.2, 0.25) is 0 Å². The molecule has 0 atom stereocenters. The van der Waals surface area contributed by atoms with Crippen LogP contribution in [0.2, 0.25) is 0 Å². The highest BCUT2D eigenvalue weighted by molar-refractivity contribution is 7.18. The van der Waals surface area contributed by atoms with Gasteiger partial charge in [0.25, 0.3) is 5.56 Å². The van der Waals surface area contributed by atoms with Crippen LogP contribution in [0.4, 0.5) is 0 Å². The smallest absolute Gasteiger partial charge is 0.332 e. The van der Waals surface area contributed by atoms with Crippen LogP contribution in [-0.2, 0) is 33.8 Å². The summed E-state index contributed by atoms with van der Waals surface area (Å²) in [6.07, 6.45) is 5.40. The fourth-order valence-corrected chi connectivity index (χ4v) is 5.72. The first kappa shape index (κ1) is 20.3. The molecule has 2 aromatic heterocycles. The highest BCUT2D eigenvalue weighted by atomic mass is 32.1. The monoisotopic (exact) mass is 420 g/mol. The second-order valence-corrected chi connectivity index (χ2v) is 9.63. The number of ether oxygens (including phenoxy) is 2.